The normalized spacial score (nSPS) is 13.1. The fourth-order valence-electron chi connectivity index (χ4n) is 4.14. The van der Waals surface area contributed by atoms with Crippen molar-refractivity contribution in [3.63, 3.8) is 0 Å². The molecule has 0 saturated heterocycles. The van der Waals surface area contributed by atoms with Crippen LogP contribution in [0.1, 0.15) is 42.7 Å². The summed E-state index contributed by atoms with van der Waals surface area (Å²) in [6, 6.07) is 12.7. The number of amides is 1. The van der Waals surface area contributed by atoms with E-state index in [1.54, 1.807) is 29.5 Å². The predicted octanol–water partition coefficient (Wildman–Crippen LogP) is 4.50. The van der Waals surface area contributed by atoms with Crippen molar-refractivity contribution in [2.45, 2.75) is 26.5 Å². The van der Waals surface area contributed by atoms with E-state index in [1.165, 1.54) is 7.11 Å². The summed E-state index contributed by atoms with van der Waals surface area (Å²) in [6.07, 6.45) is 0.734. The van der Waals surface area contributed by atoms with Gasteiger partial charge in [-0.1, -0.05) is 0 Å². The molecule has 1 amide bonds. The van der Waals surface area contributed by atoms with E-state index in [-0.39, 0.29) is 11.9 Å². The monoisotopic (exact) mass is 461 g/mol. The van der Waals surface area contributed by atoms with Crippen LogP contribution in [0.15, 0.2) is 47.8 Å². The molecule has 2 aromatic heterocycles. The molecule has 3 heterocycles. The van der Waals surface area contributed by atoms with Gasteiger partial charge in [-0.3, -0.25) is 4.79 Å². The Kier molecular flexibility index (Phi) is 5.60. The molecule has 0 atom stereocenters. The van der Waals surface area contributed by atoms with Crippen molar-refractivity contribution >= 4 is 34.1 Å². The van der Waals surface area contributed by atoms with Gasteiger partial charge in [0.1, 0.15) is 12.4 Å². The number of nitrogens with one attached hydrogen (secondary N) is 1. The molecule has 2 aromatic carbocycles. The summed E-state index contributed by atoms with van der Waals surface area (Å²) in [4.78, 5) is 34.8. The Morgan fingerprint density at radius 1 is 1.15 bits per heavy atom. The number of ether oxygens (including phenoxy) is 2. The minimum absolute atomic E-state index is 0.0270. The topological polar surface area (TPSA) is 84.5 Å². The lowest BCUT2D eigenvalue weighted by molar-refractivity contribution is 0.0600. The van der Waals surface area contributed by atoms with Gasteiger partial charge >= 0.3 is 5.97 Å². The first-order valence-electron chi connectivity index (χ1n) is 10.7. The number of carbonyl (C=O) groups is 2. The molecular weight excluding hydrogens is 438 g/mol. The summed E-state index contributed by atoms with van der Waals surface area (Å²) >= 11 is 1.59. The van der Waals surface area contributed by atoms with E-state index in [0.29, 0.717) is 36.6 Å². The molecule has 8 heteroatoms. The van der Waals surface area contributed by atoms with Gasteiger partial charge in [-0.25, -0.2) is 9.78 Å². The van der Waals surface area contributed by atoms with Crippen molar-refractivity contribution in [2.24, 2.45) is 0 Å². The van der Waals surface area contributed by atoms with Crippen molar-refractivity contribution in [2.75, 3.05) is 13.7 Å². The SMILES string of the molecule is COC(=O)c1ccc2[nH]c3c(c2c1)CN(C(=O)c1ccc(OCc2csc(C)n2)cc1)CC3. The third-order valence-corrected chi connectivity index (χ3v) is 6.66. The van der Waals surface area contributed by atoms with Crippen molar-refractivity contribution in [1.29, 1.82) is 0 Å². The molecule has 1 aliphatic heterocycles. The first-order valence-corrected chi connectivity index (χ1v) is 11.5. The number of carbonyl (C=O) groups excluding carboxylic acids is 2. The molecule has 0 unspecified atom stereocenters. The number of methoxy groups -OCH3 is 1. The maximum Gasteiger partial charge on any atom is 0.337 e. The standard InChI is InChI=1S/C25H23N3O4S/c1-15-26-18(14-33-15)13-32-19-6-3-16(4-7-19)24(29)28-10-9-23-21(12-28)20-11-17(25(30)31-2)5-8-22(20)27-23/h3-8,11,14,27H,9-10,12-13H2,1-2H3. The number of H-pyrrole nitrogens is 1. The first-order chi connectivity index (χ1) is 16.0. The maximum absolute atomic E-state index is 13.2. The molecule has 1 N–H and O–H groups in total. The van der Waals surface area contributed by atoms with E-state index < -0.39 is 0 Å². The van der Waals surface area contributed by atoms with Crippen LogP contribution in [0.2, 0.25) is 0 Å². The molecule has 5 rings (SSSR count). The van der Waals surface area contributed by atoms with Gasteiger partial charge in [0.2, 0.25) is 0 Å². The van der Waals surface area contributed by atoms with Crippen molar-refractivity contribution < 1.29 is 19.1 Å². The van der Waals surface area contributed by atoms with Crippen LogP contribution in [0, 0.1) is 6.92 Å². The zero-order valence-electron chi connectivity index (χ0n) is 18.4. The summed E-state index contributed by atoms with van der Waals surface area (Å²) in [7, 11) is 1.37. The zero-order chi connectivity index (χ0) is 22.9. The van der Waals surface area contributed by atoms with Crippen molar-refractivity contribution in [3.05, 3.63) is 80.9 Å². The quantitative estimate of drug-likeness (QED) is 0.443. The lowest BCUT2D eigenvalue weighted by Crippen LogP contribution is -2.35. The molecule has 0 spiro atoms. The van der Waals surface area contributed by atoms with Crippen LogP contribution in [0.25, 0.3) is 10.9 Å². The minimum Gasteiger partial charge on any atom is -0.487 e. The zero-order valence-corrected chi connectivity index (χ0v) is 19.2. The van der Waals surface area contributed by atoms with E-state index in [1.807, 2.05) is 41.5 Å². The van der Waals surface area contributed by atoms with Gasteiger partial charge in [0.15, 0.2) is 0 Å². The average molecular weight is 462 g/mol. The second-order valence-corrected chi connectivity index (χ2v) is 9.04. The highest BCUT2D eigenvalue weighted by Gasteiger charge is 2.25. The van der Waals surface area contributed by atoms with Crippen LogP contribution in [-0.4, -0.2) is 40.4 Å². The summed E-state index contributed by atoms with van der Waals surface area (Å²) in [5, 5.41) is 3.94. The lowest BCUT2D eigenvalue weighted by atomic mass is 10.0. The second-order valence-electron chi connectivity index (χ2n) is 7.98. The third-order valence-electron chi connectivity index (χ3n) is 5.84. The Hall–Kier alpha value is -3.65. The number of nitrogens with zero attached hydrogens (tertiary/aromatic N) is 2. The largest absolute Gasteiger partial charge is 0.487 e. The lowest BCUT2D eigenvalue weighted by Gasteiger charge is -2.27. The van der Waals surface area contributed by atoms with Gasteiger partial charge in [-0.05, 0) is 49.4 Å². The van der Waals surface area contributed by atoms with Crippen LogP contribution >= 0.6 is 11.3 Å². The minimum atomic E-state index is -0.372. The van der Waals surface area contributed by atoms with Gasteiger partial charge in [-0.2, -0.15) is 0 Å². The molecule has 0 bridgehead atoms. The Balaban J connectivity index is 1.30. The number of aryl methyl sites for hydroxylation is 1. The summed E-state index contributed by atoms with van der Waals surface area (Å²) in [5.74, 6) is 0.300. The molecule has 0 fully saturated rings. The summed E-state index contributed by atoms with van der Waals surface area (Å²) < 4.78 is 10.6. The fourth-order valence-corrected chi connectivity index (χ4v) is 4.74. The number of rotatable bonds is 5. The Morgan fingerprint density at radius 2 is 1.94 bits per heavy atom. The van der Waals surface area contributed by atoms with Crippen molar-refractivity contribution in [1.82, 2.24) is 14.9 Å². The van der Waals surface area contributed by atoms with Crippen LogP contribution in [0.3, 0.4) is 0 Å². The predicted molar refractivity (Wildman–Crippen MR) is 126 cm³/mol. The summed E-state index contributed by atoms with van der Waals surface area (Å²) in [5.41, 5.74) is 5.13. The molecule has 168 valence electrons. The smallest absolute Gasteiger partial charge is 0.337 e. The molecular formula is C25H23N3O4S. The average Bonchev–Trinajstić information content (AvgIpc) is 3.44. The number of hydrogen-bond donors (Lipinski definition) is 1. The molecule has 7 nitrogen and oxygen atoms in total. The van der Waals surface area contributed by atoms with Gasteiger partial charge in [0, 0.05) is 52.6 Å². The van der Waals surface area contributed by atoms with Crippen LogP contribution < -0.4 is 4.74 Å². The molecule has 33 heavy (non-hydrogen) atoms. The highest BCUT2D eigenvalue weighted by molar-refractivity contribution is 7.09. The third kappa shape index (κ3) is 4.21. The Morgan fingerprint density at radius 3 is 2.67 bits per heavy atom. The number of benzene rings is 2. The number of fused-ring (bicyclic) bond motifs is 3. The first kappa shape index (κ1) is 21.2. The van der Waals surface area contributed by atoms with Crippen molar-refractivity contribution in [3.8, 4) is 5.75 Å². The van der Waals surface area contributed by atoms with Gasteiger partial charge < -0.3 is 19.4 Å². The number of hydrogen-bond acceptors (Lipinski definition) is 6. The summed E-state index contributed by atoms with van der Waals surface area (Å²) in [6.45, 7) is 3.48. The Labute approximate surface area is 195 Å². The number of aromatic nitrogens is 2. The maximum atomic E-state index is 13.2. The highest BCUT2D eigenvalue weighted by Crippen LogP contribution is 2.29. The van der Waals surface area contributed by atoms with Gasteiger partial charge in [0.05, 0.1) is 23.4 Å². The number of thiazole rings is 1. The van der Waals surface area contributed by atoms with Gasteiger partial charge in [0.25, 0.3) is 5.91 Å². The number of aromatic amines is 1. The van der Waals surface area contributed by atoms with Crippen LogP contribution in [-0.2, 0) is 24.3 Å². The highest BCUT2D eigenvalue weighted by atomic mass is 32.1. The Bertz CT molecular complexity index is 1340. The van der Waals surface area contributed by atoms with Crippen LogP contribution in [0.5, 0.6) is 5.75 Å². The molecule has 1 aliphatic rings. The molecule has 0 saturated carbocycles. The van der Waals surface area contributed by atoms with E-state index in [9.17, 15) is 9.59 Å². The second kappa shape index (κ2) is 8.71. The van der Waals surface area contributed by atoms with Crippen LogP contribution in [0.4, 0.5) is 0 Å². The van der Waals surface area contributed by atoms with E-state index >= 15 is 0 Å². The molecule has 0 aliphatic carbocycles. The van der Waals surface area contributed by atoms with E-state index in [0.717, 1.165) is 39.3 Å². The number of esters is 1. The fraction of sp³-hybridized carbons (Fsp3) is 0.240. The van der Waals surface area contributed by atoms with E-state index in [2.05, 4.69) is 9.97 Å². The van der Waals surface area contributed by atoms with Gasteiger partial charge in [-0.15, -0.1) is 11.3 Å². The van der Waals surface area contributed by atoms with E-state index in [4.69, 9.17) is 9.47 Å². The molecule has 0 radical (unpaired) electrons. The molecule has 4 aromatic rings.